The first kappa shape index (κ1) is 25.6. The lowest BCUT2D eigenvalue weighted by Gasteiger charge is -2.39. The molecule has 3 N–H and O–H groups in total. The third-order valence-corrected chi connectivity index (χ3v) is 6.25. The van der Waals surface area contributed by atoms with E-state index in [0.717, 1.165) is 6.07 Å². The largest absolute Gasteiger partial charge is 0.431 e. The predicted octanol–water partition coefficient (Wildman–Crippen LogP) is 6.06. The van der Waals surface area contributed by atoms with E-state index in [1.54, 1.807) is 6.92 Å². The average Bonchev–Trinajstić information content (AvgIpc) is 2.92. The molecule has 4 nitrogen and oxygen atoms in total. The fourth-order valence-electron chi connectivity index (χ4n) is 4.64. The van der Waals surface area contributed by atoms with Crippen molar-refractivity contribution in [2.24, 2.45) is 11.1 Å². The maximum Gasteiger partial charge on any atom is 0.328 e. The van der Waals surface area contributed by atoms with E-state index in [0.29, 0.717) is 12.0 Å². The van der Waals surface area contributed by atoms with Crippen LogP contribution in [0.25, 0.3) is 0 Å². The zero-order valence-corrected chi connectivity index (χ0v) is 20.5. The quantitative estimate of drug-likeness (QED) is 0.389. The Morgan fingerprint density at radius 2 is 1.85 bits per heavy atom. The molecule has 8 heteroatoms. The van der Waals surface area contributed by atoms with Crippen molar-refractivity contribution >= 4 is 29.2 Å². The Balaban J connectivity index is 2.29. The van der Waals surface area contributed by atoms with Crippen molar-refractivity contribution in [1.82, 2.24) is 5.32 Å². The van der Waals surface area contributed by atoms with Gasteiger partial charge in [-0.2, -0.15) is 0 Å². The highest BCUT2D eigenvalue weighted by Gasteiger charge is 2.58. The summed E-state index contributed by atoms with van der Waals surface area (Å²) in [5.41, 5.74) is 5.89. The van der Waals surface area contributed by atoms with Gasteiger partial charge >= 0.3 is 5.97 Å². The summed E-state index contributed by atoms with van der Waals surface area (Å²) in [6.45, 7) is 11.2. The van der Waals surface area contributed by atoms with Gasteiger partial charge < -0.3 is 10.5 Å². The normalized spacial score (nSPS) is 25.2. The fourth-order valence-corrected chi connectivity index (χ4v) is 5.03. The number of benzene rings is 2. The van der Waals surface area contributed by atoms with E-state index in [9.17, 15) is 9.18 Å². The fraction of sp³-hybridized carbons (Fsp3) is 0.400. The Bertz CT molecular complexity index is 1070. The van der Waals surface area contributed by atoms with Crippen LogP contribution in [0.5, 0.6) is 0 Å². The summed E-state index contributed by atoms with van der Waals surface area (Å²) in [5, 5.41) is 3.61. The van der Waals surface area contributed by atoms with Gasteiger partial charge in [0.1, 0.15) is 17.7 Å². The molecule has 3 rings (SSSR count). The second-order valence-electron chi connectivity index (χ2n) is 9.82. The monoisotopic (exact) mass is 496 g/mol. The number of ether oxygens (including phenoxy) is 1. The molecule has 0 spiro atoms. The number of nitrogens with two attached hydrogens (primary N) is 1. The number of carbonyl (C=O) groups is 1. The smallest absolute Gasteiger partial charge is 0.328 e. The Morgan fingerprint density at radius 1 is 1.18 bits per heavy atom. The molecule has 1 saturated heterocycles. The third kappa shape index (κ3) is 5.40. The Hall–Kier alpha value is -1.99. The van der Waals surface area contributed by atoms with E-state index in [4.69, 9.17) is 33.7 Å². The number of carbonyl (C=O) groups excluding carboxylic acids is 1. The Morgan fingerprint density at radius 3 is 2.39 bits per heavy atom. The first-order chi connectivity index (χ1) is 15.2. The van der Waals surface area contributed by atoms with Crippen LogP contribution < -0.4 is 11.1 Å². The van der Waals surface area contributed by atoms with Gasteiger partial charge in [-0.25, -0.2) is 13.6 Å². The summed E-state index contributed by atoms with van der Waals surface area (Å²) in [5.74, 6) is -2.57. The summed E-state index contributed by atoms with van der Waals surface area (Å²) < 4.78 is 35.0. The molecule has 2 aromatic carbocycles. The number of rotatable bonds is 5. The molecule has 0 amide bonds. The molecular weight excluding hydrogens is 469 g/mol. The second kappa shape index (κ2) is 9.34. The van der Waals surface area contributed by atoms with Crippen molar-refractivity contribution in [3.8, 4) is 0 Å². The molecule has 1 aliphatic heterocycles. The first-order valence-electron chi connectivity index (χ1n) is 10.6. The van der Waals surface area contributed by atoms with Gasteiger partial charge in [0.15, 0.2) is 0 Å². The topological polar surface area (TPSA) is 64.3 Å². The summed E-state index contributed by atoms with van der Waals surface area (Å²) in [7, 11) is 0. The molecule has 1 aliphatic rings. The lowest BCUT2D eigenvalue weighted by Crippen LogP contribution is -2.52. The van der Waals surface area contributed by atoms with Crippen molar-refractivity contribution in [1.29, 1.82) is 0 Å². The maximum absolute atomic E-state index is 15.3. The van der Waals surface area contributed by atoms with E-state index in [2.05, 4.69) is 11.9 Å². The number of esters is 1. The molecule has 178 valence electrons. The molecule has 0 radical (unpaired) electrons. The van der Waals surface area contributed by atoms with Crippen LogP contribution in [0.3, 0.4) is 0 Å². The highest BCUT2D eigenvalue weighted by molar-refractivity contribution is 6.30. The molecule has 1 heterocycles. The third-order valence-electron chi connectivity index (χ3n) is 5.79. The lowest BCUT2D eigenvalue weighted by molar-refractivity contribution is -0.142. The van der Waals surface area contributed by atoms with Crippen LogP contribution in [0, 0.1) is 17.0 Å². The van der Waals surface area contributed by atoms with Gasteiger partial charge in [0, 0.05) is 27.6 Å². The molecule has 2 aromatic rings. The summed E-state index contributed by atoms with van der Waals surface area (Å²) in [6, 6.07) is 6.60. The molecule has 33 heavy (non-hydrogen) atoms. The van der Waals surface area contributed by atoms with Crippen molar-refractivity contribution in [2.45, 2.75) is 57.7 Å². The van der Waals surface area contributed by atoms with Crippen LogP contribution >= 0.6 is 23.2 Å². The van der Waals surface area contributed by atoms with Crippen LogP contribution in [-0.2, 0) is 15.1 Å². The van der Waals surface area contributed by atoms with E-state index in [1.807, 2.05) is 20.8 Å². The average molecular weight is 497 g/mol. The summed E-state index contributed by atoms with van der Waals surface area (Å²) in [6.07, 6.45) is 0.488. The van der Waals surface area contributed by atoms with Gasteiger partial charge in [0.25, 0.3) is 0 Å². The molecule has 0 aliphatic carbocycles. The van der Waals surface area contributed by atoms with Gasteiger partial charge in [-0.1, -0.05) is 56.6 Å². The molecular formula is C25H28Cl2F2N2O2. The maximum atomic E-state index is 15.3. The van der Waals surface area contributed by atoms with E-state index in [-0.39, 0.29) is 26.8 Å². The van der Waals surface area contributed by atoms with Crippen LogP contribution in [0.1, 0.15) is 51.2 Å². The van der Waals surface area contributed by atoms with E-state index >= 15 is 4.39 Å². The second-order valence-corrected chi connectivity index (χ2v) is 10.7. The molecule has 0 aromatic heterocycles. The minimum absolute atomic E-state index is 0.134. The van der Waals surface area contributed by atoms with Gasteiger partial charge in [0.2, 0.25) is 0 Å². The van der Waals surface area contributed by atoms with Gasteiger partial charge in [-0.05, 0) is 54.7 Å². The predicted molar refractivity (Wildman–Crippen MR) is 127 cm³/mol. The highest BCUT2D eigenvalue weighted by atomic mass is 35.5. The standard InChI is InChI=1S/C25H28Cl2F2N2O2/c1-13(2)33-23(32)22-21(14-8-16(27)10-17(28)9-14)25(30,20(31-22)12-24(3,4)5)18-7-6-15(26)11-19(18)29/h6-11,20-22,31H,1,12,30H2,2-5H3/t20-,21-,22+,25+/m0/s1. The SMILES string of the molecule is C=C(C)OC(=O)[C@@H]1N[C@@H](CC(C)(C)C)[C@](N)(c2ccc(Cl)cc2F)[C@H]1c1cc(F)cc(Cl)c1. The molecule has 0 saturated carbocycles. The van der Waals surface area contributed by atoms with Crippen molar-refractivity contribution in [2.75, 3.05) is 0 Å². The number of nitrogens with one attached hydrogen (secondary N) is 1. The first-order valence-corrected chi connectivity index (χ1v) is 11.3. The van der Waals surface area contributed by atoms with Crippen molar-refractivity contribution in [3.05, 3.63) is 81.5 Å². The molecule has 4 atom stereocenters. The Kier molecular flexibility index (Phi) is 7.25. The van der Waals surface area contributed by atoms with E-state index in [1.165, 1.54) is 30.3 Å². The summed E-state index contributed by atoms with van der Waals surface area (Å²) in [4.78, 5) is 13.1. The summed E-state index contributed by atoms with van der Waals surface area (Å²) >= 11 is 12.1. The van der Waals surface area contributed by atoms with Crippen LogP contribution in [0.2, 0.25) is 10.0 Å². The number of hydrogen-bond acceptors (Lipinski definition) is 4. The van der Waals surface area contributed by atoms with Gasteiger partial charge in [0.05, 0.1) is 11.3 Å². The van der Waals surface area contributed by atoms with Gasteiger partial charge in [-0.15, -0.1) is 0 Å². The van der Waals surface area contributed by atoms with Crippen LogP contribution in [0.15, 0.2) is 48.7 Å². The zero-order chi connectivity index (χ0) is 24.7. The number of halogens is 4. The lowest BCUT2D eigenvalue weighted by atomic mass is 9.68. The van der Waals surface area contributed by atoms with Gasteiger partial charge in [-0.3, -0.25) is 5.32 Å². The van der Waals surface area contributed by atoms with E-state index < -0.39 is 41.1 Å². The Labute approximate surface area is 203 Å². The zero-order valence-electron chi connectivity index (χ0n) is 19.0. The number of hydrogen-bond donors (Lipinski definition) is 2. The molecule has 0 unspecified atom stereocenters. The number of allylic oxidation sites excluding steroid dienone is 1. The van der Waals surface area contributed by atoms with Crippen LogP contribution in [-0.4, -0.2) is 18.1 Å². The molecule has 1 fully saturated rings. The van der Waals surface area contributed by atoms with Crippen molar-refractivity contribution in [3.63, 3.8) is 0 Å². The van der Waals surface area contributed by atoms with Crippen LogP contribution in [0.4, 0.5) is 8.78 Å². The highest BCUT2D eigenvalue weighted by Crippen LogP contribution is 2.49. The van der Waals surface area contributed by atoms with Crippen molar-refractivity contribution < 1.29 is 18.3 Å². The minimum Gasteiger partial charge on any atom is -0.431 e. The minimum atomic E-state index is -1.46. The molecule has 0 bridgehead atoms.